The summed E-state index contributed by atoms with van der Waals surface area (Å²) in [6.07, 6.45) is 0. The normalized spacial score (nSPS) is 12.6. The fourth-order valence-electron chi connectivity index (χ4n) is 11.2. The van der Waals surface area contributed by atoms with Crippen LogP contribution in [0.1, 0.15) is 22.3 Å². The summed E-state index contributed by atoms with van der Waals surface area (Å²) in [6, 6.07) is 83.6. The molecule has 0 aliphatic carbocycles. The molecule has 0 radical (unpaired) electrons. The molecule has 11 aromatic rings. The van der Waals surface area contributed by atoms with E-state index in [-0.39, 0.29) is 6.71 Å². The Kier molecular flexibility index (Phi) is 9.48. The Bertz CT molecular complexity index is 3680. The molecule has 0 amide bonds. The second kappa shape index (κ2) is 16.1. The number of aryl methyl sites for hydroxylation is 4. The Labute approximate surface area is 404 Å². The van der Waals surface area contributed by atoms with Gasteiger partial charge in [0.15, 0.2) is 0 Å². The van der Waals surface area contributed by atoms with E-state index in [0.29, 0.717) is 0 Å². The molecule has 0 saturated carbocycles. The first-order valence-electron chi connectivity index (χ1n) is 24.0. The molecule has 0 N–H and O–H groups in total. The third kappa shape index (κ3) is 6.60. The smallest absolute Gasteiger partial charge is 0.252 e. The van der Waals surface area contributed by atoms with Crippen LogP contribution in [-0.4, -0.2) is 11.3 Å². The van der Waals surface area contributed by atoms with E-state index in [2.05, 4.69) is 271 Å². The van der Waals surface area contributed by atoms with E-state index in [1.165, 1.54) is 94.3 Å². The summed E-state index contributed by atoms with van der Waals surface area (Å²) in [6.45, 7) is 8.64. The standard InChI is InChI=1S/C64H49BN4/c1-42-22-30-48(31-23-42)66(49-32-24-43(2)25-33-49)57-19-11-8-16-52(57)46-29-37-61-56(39-46)65-55-38-45(4)28-36-60(55)68(50-34-26-44(3)27-35-50)63-41-51(40-62(64(63)65)67(61)47-14-6-5-7-15-47)69-58-20-12-9-17-53(58)54-18-10-13-21-59(54)69/h5-41H,1-4H3. The Morgan fingerprint density at radius 2 is 0.841 bits per heavy atom. The van der Waals surface area contributed by atoms with Gasteiger partial charge in [0.2, 0.25) is 0 Å². The topological polar surface area (TPSA) is 14.7 Å². The maximum Gasteiger partial charge on any atom is 0.252 e. The van der Waals surface area contributed by atoms with Crippen molar-refractivity contribution in [3.8, 4) is 16.8 Å². The number of aromatic nitrogens is 1. The van der Waals surface area contributed by atoms with Gasteiger partial charge in [-0.25, -0.2) is 0 Å². The lowest BCUT2D eigenvalue weighted by Crippen LogP contribution is -2.61. The monoisotopic (exact) mass is 884 g/mol. The Morgan fingerprint density at radius 3 is 1.45 bits per heavy atom. The fraction of sp³-hybridized carbons (Fsp3) is 0.0625. The highest BCUT2D eigenvalue weighted by Gasteiger charge is 2.44. The SMILES string of the molecule is Cc1ccc(N(c2ccc(C)cc2)c2ccccc2-c2ccc3c(c2)B2c4cc(C)ccc4N(c4ccc(C)cc4)c4cc(-n5c6ccccc6c6ccccc65)cc(c42)N3c2ccccc2)cc1. The molecule has 13 rings (SSSR count). The molecule has 0 atom stereocenters. The molecular formula is C64H49BN4. The van der Waals surface area contributed by atoms with Crippen LogP contribution in [-0.2, 0) is 0 Å². The minimum Gasteiger partial charge on any atom is -0.311 e. The first-order valence-corrected chi connectivity index (χ1v) is 24.0. The fourth-order valence-corrected chi connectivity index (χ4v) is 11.2. The van der Waals surface area contributed by atoms with Crippen LogP contribution in [0, 0.1) is 27.7 Å². The first-order chi connectivity index (χ1) is 33.9. The molecule has 0 bridgehead atoms. The van der Waals surface area contributed by atoms with Crippen LogP contribution in [0.15, 0.2) is 224 Å². The van der Waals surface area contributed by atoms with Crippen molar-refractivity contribution in [1.82, 2.24) is 4.57 Å². The van der Waals surface area contributed by atoms with Crippen LogP contribution >= 0.6 is 0 Å². The molecule has 0 fully saturated rings. The van der Waals surface area contributed by atoms with Crippen LogP contribution in [0.3, 0.4) is 0 Å². The van der Waals surface area contributed by atoms with Crippen molar-refractivity contribution in [3.63, 3.8) is 0 Å². The van der Waals surface area contributed by atoms with Gasteiger partial charge in [0.05, 0.1) is 22.4 Å². The summed E-state index contributed by atoms with van der Waals surface area (Å²) in [5.74, 6) is 0. The highest BCUT2D eigenvalue weighted by atomic mass is 15.2. The van der Waals surface area contributed by atoms with Crippen LogP contribution in [0.25, 0.3) is 38.6 Å². The second-order valence-electron chi connectivity index (χ2n) is 18.9. The molecule has 0 spiro atoms. The highest BCUT2D eigenvalue weighted by molar-refractivity contribution is 7.00. The van der Waals surface area contributed by atoms with Crippen LogP contribution in [0.5, 0.6) is 0 Å². The van der Waals surface area contributed by atoms with E-state index >= 15 is 0 Å². The lowest BCUT2D eigenvalue weighted by Gasteiger charge is -2.44. The first kappa shape index (κ1) is 40.7. The van der Waals surface area contributed by atoms with Gasteiger partial charge >= 0.3 is 0 Å². The number of hydrogen-bond acceptors (Lipinski definition) is 3. The Balaban J connectivity index is 1.10. The summed E-state index contributed by atoms with van der Waals surface area (Å²) < 4.78 is 2.47. The quantitative estimate of drug-likeness (QED) is 0.148. The van der Waals surface area contributed by atoms with Gasteiger partial charge in [0.1, 0.15) is 0 Å². The predicted molar refractivity (Wildman–Crippen MR) is 294 cm³/mol. The summed E-state index contributed by atoms with van der Waals surface area (Å²) >= 11 is 0. The molecule has 10 aromatic carbocycles. The Hall–Kier alpha value is -8.54. The van der Waals surface area contributed by atoms with Crippen molar-refractivity contribution in [2.75, 3.05) is 14.7 Å². The van der Waals surface area contributed by atoms with E-state index in [9.17, 15) is 0 Å². The van der Waals surface area contributed by atoms with Crippen molar-refractivity contribution >= 4 is 96.1 Å². The van der Waals surface area contributed by atoms with Crippen molar-refractivity contribution in [1.29, 1.82) is 0 Å². The predicted octanol–water partition coefficient (Wildman–Crippen LogP) is 15.2. The molecule has 328 valence electrons. The van der Waals surface area contributed by atoms with Crippen LogP contribution in [0.4, 0.5) is 51.2 Å². The van der Waals surface area contributed by atoms with Crippen LogP contribution in [0.2, 0.25) is 0 Å². The van der Waals surface area contributed by atoms with Crippen molar-refractivity contribution < 1.29 is 0 Å². The maximum absolute atomic E-state index is 2.52. The van der Waals surface area contributed by atoms with E-state index in [0.717, 1.165) is 34.1 Å². The van der Waals surface area contributed by atoms with Crippen molar-refractivity contribution in [3.05, 3.63) is 247 Å². The summed E-state index contributed by atoms with van der Waals surface area (Å²) in [4.78, 5) is 7.46. The number of anilines is 9. The molecule has 3 heterocycles. The zero-order chi connectivity index (χ0) is 46.3. The second-order valence-corrected chi connectivity index (χ2v) is 18.9. The van der Waals surface area contributed by atoms with E-state index < -0.39 is 0 Å². The van der Waals surface area contributed by atoms with Crippen LogP contribution < -0.4 is 31.1 Å². The highest BCUT2D eigenvalue weighted by Crippen LogP contribution is 2.48. The molecule has 69 heavy (non-hydrogen) atoms. The largest absolute Gasteiger partial charge is 0.311 e. The zero-order valence-corrected chi connectivity index (χ0v) is 39.2. The summed E-state index contributed by atoms with van der Waals surface area (Å²) in [5, 5.41) is 2.49. The van der Waals surface area contributed by atoms with Gasteiger partial charge in [-0.2, -0.15) is 0 Å². The number of para-hydroxylation sites is 4. The average Bonchev–Trinajstić information content (AvgIpc) is 3.72. The van der Waals surface area contributed by atoms with Gasteiger partial charge in [0.25, 0.3) is 6.71 Å². The molecule has 0 unspecified atom stereocenters. The van der Waals surface area contributed by atoms with E-state index in [1.54, 1.807) is 0 Å². The van der Waals surface area contributed by atoms with Crippen molar-refractivity contribution in [2.24, 2.45) is 0 Å². The zero-order valence-electron chi connectivity index (χ0n) is 39.2. The van der Waals surface area contributed by atoms with E-state index in [1.807, 2.05) is 0 Å². The molecule has 2 aliphatic heterocycles. The van der Waals surface area contributed by atoms with Gasteiger partial charge in [-0.05, 0) is 141 Å². The average molecular weight is 885 g/mol. The number of hydrogen-bond donors (Lipinski definition) is 0. The number of nitrogens with zero attached hydrogens (tertiary/aromatic N) is 4. The summed E-state index contributed by atoms with van der Waals surface area (Å²) in [7, 11) is 0. The number of benzene rings is 10. The van der Waals surface area contributed by atoms with E-state index in [4.69, 9.17) is 0 Å². The van der Waals surface area contributed by atoms with Gasteiger partial charge < -0.3 is 19.3 Å². The summed E-state index contributed by atoms with van der Waals surface area (Å²) in [5.41, 5.74) is 25.0. The lowest BCUT2D eigenvalue weighted by molar-refractivity contribution is 1.16. The molecule has 2 aliphatic rings. The van der Waals surface area contributed by atoms with Gasteiger partial charge in [-0.15, -0.1) is 0 Å². The van der Waals surface area contributed by atoms with Gasteiger partial charge in [-0.1, -0.05) is 156 Å². The molecule has 1 aromatic heterocycles. The molecule has 0 saturated heterocycles. The third-order valence-electron chi connectivity index (χ3n) is 14.4. The molecular weight excluding hydrogens is 836 g/mol. The third-order valence-corrected chi connectivity index (χ3v) is 14.4. The van der Waals surface area contributed by atoms with Gasteiger partial charge in [-0.3, -0.25) is 0 Å². The number of fused-ring (bicyclic) bond motifs is 7. The minimum atomic E-state index is -0.0637. The Morgan fingerprint density at radius 1 is 0.362 bits per heavy atom. The maximum atomic E-state index is 2.52. The molecule has 4 nitrogen and oxygen atoms in total. The van der Waals surface area contributed by atoms with Gasteiger partial charge in [0, 0.05) is 61.8 Å². The van der Waals surface area contributed by atoms with Crippen molar-refractivity contribution in [2.45, 2.75) is 27.7 Å². The number of rotatable bonds is 7. The minimum absolute atomic E-state index is 0.0637. The lowest BCUT2D eigenvalue weighted by atomic mass is 9.33. The molecule has 5 heteroatoms.